The molecule has 32 heavy (non-hydrogen) atoms. The first-order chi connectivity index (χ1) is 15.6. The Labute approximate surface area is 186 Å². The molecule has 9 nitrogen and oxygen atoms in total. The van der Waals surface area contributed by atoms with Crippen LogP contribution in [0.25, 0.3) is 0 Å². The monoisotopic (exact) mass is 438 g/mol. The van der Waals surface area contributed by atoms with Crippen molar-refractivity contribution >= 4 is 23.9 Å². The predicted octanol–water partition coefficient (Wildman–Crippen LogP) is 1.13. The highest BCUT2D eigenvalue weighted by Gasteiger charge is 2.18. The van der Waals surface area contributed by atoms with Gasteiger partial charge in [-0.05, 0) is 36.1 Å². The summed E-state index contributed by atoms with van der Waals surface area (Å²) in [6.45, 7) is 1.28. The topological polar surface area (TPSA) is 118 Å². The molecule has 2 aromatic carbocycles. The third-order valence-corrected chi connectivity index (χ3v) is 4.66. The standard InChI is InChI=1S/C23H26N4O5/c28-21(24-13-17-6-2-1-3-7-17)16-32-19-9-4-8-18(12-19)14-26-27-23(30)22(29)25-15-20-10-5-11-31-20/h1-4,6-9,12,14,20H,5,10-11,13,15-16H2,(H,24,28)(H,25,29)(H,27,30)/b26-14-/t20-/m0/s1. The Balaban J connectivity index is 1.38. The highest BCUT2D eigenvalue weighted by molar-refractivity contribution is 6.35. The van der Waals surface area contributed by atoms with Crippen LogP contribution in [0.4, 0.5) is 0 Å². The average Bonchev–Trinajstić information content (AvgIpc) is 3.34. The number of carbonyl (C=O) groups excluding carboxylic acids is 3. The molecule has 1 aliphatic rings. The van der Waals surface area contributed by atoms with Gasteiger partial charge >= 0.3 is 11.8 Å². The van der Waals surface area contributed by atoms with Crippen LogP contribution in [0, 0.1) is 0 Å². The molecule has 3 amide bonds. The van der Waals surface area contributed by atoms with Gasteiger partial charge in [-0.3, -0.25) is 14.4 Å². The van der Waals surface area contributed by atoms with E-state index < -0.39 is 11.8 Å². The first-order valence-corrected chi connectivity index (χ1v) is 10.4. The fraction of sp³-hybridized carbons (Fsp3) is 0.304. The zero-order valence-corrected chi connectivity index (χ0v) is 17.6. The van der Waals surface area contributed by atoms with Gasteiger partial charge in [-0.2, -0.15) is 5.10 Å². The Bertz CT molecular complexity index is 942. The summed E-state index contributed by atoms with van der Waals surface area (Å²) in [5.41, 5.74) is 3.81. The predicted molar refractivity (Wildman–Crippen MR) is 118 cm³/mol. The van der Waals surface area contributed by atoms with Gasteiger partial charge in [0.15, 0.2) is 6.61 Å². The number of carbonyl (C=O) groups is 3. The van der Waals surface area contributed by atoms with Crippen molar-refractivity contribution in [1.29, 1.82) is 0 Å². The second-order valence-corrected chi connectivity index (χ2v) is 7.17. The highest BCUT2D eigenvalue weighted by Crippen LogP contribution is 2.12. The molecule has 0 spiro atoms. The first-order valence-electron chi connectivity index (χ1n) is 10.4. The smallest absolute Gasteiger partial charge is 0.329 e. The average molecular weight is 438 g/mol. The van der Waals surface area contributed by atoms with Crippen LogP contribution < -0.4 is 20.8 Å². The molecule has 3 rings (SSSR count). The van der Waals surface area contributed by atoms with E-state index in [1.807, 2.05) is 30.3 Å². The summed E-state index contributed by atoms with van der Waals surface area (Å²) >= 11 is 0. The molecule has 1 aliphatic heterocycles. The van der Waals surface area contributed by atoms with Gasteiger partial charge in [-0.1, -0.05) is 42.5 Å². The lowest BCUT2D eigenvalue weighted by Crippen LogP contribution is -2.41. The molecule has 0 saturated carbocycles. The second kappa shape index (κ2) is 12.2. The van der Waals surface area contributed by atoms with Crippen molar-refractivity contribution in [2.24, 2.45) is 5.10 Å². The maximum Gasteiger partial charge on any atom is 0.329 e. The SMILES string of the molecule is O=C(COc1cccc(/C=N\NC(=O)C(=O)NC[C@@H]2CCCO2)c1)NCc1ccccc1. The van der Waals surface area contributed by atoms with E-state index in [9.17, 15) is 14.4 Å². The summed E-state index contributed by atoms with van der Waals surface area (Å²) in [5.74, 6) is -1.39. The Kier molecular flexibility index (Phi) is 8.76. The molecule has 1 saturated heterocycles. The lowest BCUT2D eigenvalue weighted by atomic mass is 10.2. The number of hydrogen-bond donors (Lipinski definition) is 3. The zero-order chi connectivity index (χ0) is 22.6. The minimum Gasteiger partial charge on any atom is -0.484 e. The number of rotatable bonds is 9. The molecule has 1 fully saturated rings. The molecule has 168 valence electrons. The van der Waals surface area contributed by atoms with Crippen LogP contribution in [0.15, 0.2) is 59.7 Å². The highest BCUT2D eigenvalue weighted by atomic mass is 16.5. The van der Waals surface area contributed by atoms with Gasteiger partial charge in [0.05, 0.1) is 12.3 Å². The Hall–Kier alpha value is -3.72. The Morgan fingerprint density at radius 1 is 1.06 bits per heavy atom. The van der Waals surface area contributed by atoms with Gasteiger partial charge in [-0.25, -0.2) is 5.43 Å². The normalized spacial score (nSPS) is 15.3. The van der Waals surface area contributed by atoms with Crippen LogP contribution >= 0.6 is 0 Å². The third kappa shape index (κ3) is 7.84. The fourth-order valence-electron chi connectivity index (χ4n) is 2.99. The summed E-state index contributed by atoms with van der Waals surface area (Å²) in [4.78, 5) is 35.5. The van der Waals surface area contributed by atoms with Crippen LogP contribution in [0.1, 0.15) is 24.0 Å². The van der Waals surface area contributed by atoms with Gasteiger partial charge in [0.2, 0.25) is 0 Å². The molecule has 0 unspecified atom stereocenters. The summed E-state index contributed by atoms with van der Waals surface area (Å²) in [6, 6.07) is 16.4. The molecule has 1 heterocycles. The molecule has 1 atom stereocenters. The summed E-state index contributed by atoms with van der Waals surface area (Å²) < 4.78 is 10.9. The molecule has 9 heteroatoms. The van der Waals surface area contributed by atoms with E-state index in [1.165, 1.54) is 6.21 Å². The van der Waals surface area contributed by atoms with Gasteiger partial charge in [0.1, 0.15) is 5.75 Å². The van der Waals surface area contributed by atoms with Crippen LogP contribution in [0.2, 0.25) is 0 Å². The minimum absolute atomic E-state index is 0.0431. The zero-order valence-electron chi connectivity index (χ0n) is 17.6. The van der Waals surface area contributed by atoms with Crippen molar-refractivity contribution in [2.75, 3.05) is 19.8 Å². The summed E-state index contributed by atoms with van der Waals surface area (Å²) in [7, 11) is 0. The van der Waals surface area contributed by atoms with Crippen LogP contribution in [-0.2, 0) is 25.7 Å². The fourth-order valence-corrected chi connectivity index (χ4v) is 2.99. The van der Waals surface area contributed by atoms with Crippen LogP contribution in [-0.4, -0.2) is 49.8 Å². The van der Waals surface area contributed by atoms with Crippen molar-refractivity contribution in [2.45, 2.75) is 25.5 Å². The molecular weight excluding hydrogens is 412 g/mol. The lowest BCUT2D eigenvalue weighted by Gasteiger charge is -2.09. The maximum atomic E-state index is 12.0. The van der Waals surface area contributed by atoms with E-state index in [1.54, 1.807) is 24.3 Å². The van der Waals surface area contributed by atoms with Gasteiger partial charge in [-0.15, -0.1) is 0 Å². The van der Waals surface area contributed by atoms with E-state index in [0.717, 1.165) is 18.4 Å². The van der Waals surface area contributed by atoms with Crippen LogP contribution in [0.3, 0.4) is 0 Å². The van der Waals surface area contributed by atoms with Crippen molar-refractivity contribution in [3.8, 4) is 5.75 Å². The van der Waals surface area contributed by atoms with E-state index in [0.29, 0.717) is 31.0 Å². The number of hydrazone groups is 1. The number of nitrogens with zero attached hydrogens (tertiary/aromatic N) is 1. The van der Waals surface area contributed by atoms with Crippen molar-refractivity contribution < 1.29 is 23.9 Å². The Morgan fingerprint density at radius 2 is 1.91 bits per heavy atom. The Morgan fingerprint density at radius 3 is 2.69 bits per heavy atom. The molecular formula is C23H26N4O5. The van der Waals surface area contributed by atoms with Crippen LogP contribution in [0.5, 0.6) is 5.75 Å². The van der Waals surface area contributed by atoms with Gasteiger partial charge < -0.3 is 20.1 Å². The second-order valence-electron chi connectivity index (χ2n) is 7.17. The van der Waals surface area contributed by atoms with Crippen molar-refractivity contribution in [1.82, 2.24) is 16.1 Å². The number of amides is 3. The van der Waals surface area contributed by atoms with Crippen molar-refractivity contribution in [3.63, 3.8) is 0 Å². The van der Waals surface area contributed by atoms with E-state index in [-0.39, 0.29) is 18.6 Å². The quantitative estimate of drug-likeness (QED) is 0.308. The van der Waals surface area contributed by atoms with E-state index >= 15 is 0 Å². The summed E-state index contributed by atoms with van der Waals surface area (Å²) in [5, 5.41) is 9.10. The van der Waals surface area contributed by atoms with Crippen molar-refractivity contribution in [3.05, 3.63) is 65.7 Å². The number of ether oxygens (including phenoxy) is 2. The molecule has 2 aromatic rings. The van der Waals surface area contributed by atoms with E-state index in [4.69, 9.17) is 9.47 Å². The van der Waals surface area contributed by atoms with E-state index in [2.05, 4.69) is 21.2 Å². The largest absolute Gasteiger partial charge is 0.484 e. The number of nitrogens with one attached hydrogen (secondary N) is 3. The molecule has 0 bridgehead atoms. The minimum atomic E-state index is -0.860. The molecule has 0 radical (unpaired) electrons. The third-order valence-electron chi connectivity index (χ3n) is 4.66. The maximum absolute atomic E-state index is 12.0. The number of benzene rings is 2. The lowest BCUT2D eigenvalue weighted by molar-refractivity contribution is -0.139. The number of hydrogen-bond acceptors (Lipinski definition) is 6. The first kappa shape index (κ1) is 23.0. The molecule has 0 aromatic heterocycles. The van der Waals surface area contributed by atoms with Gasteiger partial charge in [0, 0.05) is 19.7 Å². The summed E-state index contributed by atoms with van der Waals surface area (Å²) in [6.07, 6.45) is 3.16. The molecule has 0 aliphatic carbocycles. The van der Waals surface area contributed by atoms with Gasteiger partial charge in [0.25, 0.3) is 5.91 Å². The molecule has 3 N–H and O–H groups in total.